The van der Waals surface area contributed by atoms with Crippen molar-refractivity contribution in [2.24, 2.45) is 23.2 Å². The van der Waals surface area contributed by atoms with E-state index < -0.39 is 0 Å². The summed E-state index contributed by atoms with van der Waals surface area (Å²) in [5.41, 5.74) is 2.60. The fourth-order valence-corrected chi connectivity index (χ4v) is 6.00. The monoisotopic (exact) mass is 311 g/mol. The Balaban J connectivity index is 1.40. The molecule has 0 spiro atoms. The van der Waals surface area contributed by atoms with Crippen LogP contribution in [-0.2, 0) is 4.79 Å². The molecule has 0 aliphatic heterocycles. The number of hydrogen-bond acceptors (Lipinski definition) is 1. The molecule has 0 atom stereocenters. The normalized spacial score (nSPS) is 34.8. The number of carbonyl (C=O) groups is 1. The molecule has 0 heterocycles. The Hall–Kier alpha value is -1.31. The Kier molecular flexibility index (Phi) is 3.74. The molecule has 23 heavy (non-hydrogen) atoms. The first-order chi connectivity index (χ1) is 11.0. The van der Waals surface area contributed by atoms with Gasteiger partial charge in [0.1, 0.15) is 0 Å². The van der Waals surface area contributed by atoms with Crippen LogP contribution in [0.15, 0.2) is 24.3 Å². The van der Waals surface area contributed by atoms with E-state index in [1.165, 1.54) is 44.1 Å². The molecule has 1 N–H and O–H groups in total. The Labute approximate surface area is 140 Å². The maximum absolute atomic E-state index is 12.6. The molecule has 124 valence electrons. The Morgan fingerprint density at radius 1 is 1.04 bits per heavy atom. The second-order valence-electron chi connectivity index (χ2n) is 8.92. The number of anilines is 1. The van der Waals surface area contributed by atoms with Crippen LogP contribution in [0.5, 0.6) is 0 Å². The van der Waals surface area contributed by atoms with Gasteiger partial charge in [0.25, 0.3) is 0 Å². The van der Waals surface area contributed by atoms with Crippen LogP contribution >= 0.6 is 0 Å². The smallest absolute Gasteiger partial charge is 0.224 e. The molecule has 0 aromatic heterocycles. The number of benzene rings is 1. The van der Waals surface area contributed by atoms with Gasteiger partial charge in [0, 0.05) is 12.1 Å². The minimum atomic E-state index is 0.226. The lowest BCUT2D eigenvalue weighted by molar-refractivity contribution is -0.124. The fraction of sp³-hybridized carbons (Fsp3) is 0.667. The van der Waals surface area contributed by atoms with Crippen LogP contribution in [0.25, 0.3) is 0 Å². The summed E-state index contributed by atoms with van der Waals surface area (Å²) < 4.78 is 0. The summed E-state index contributed by atoms with van der Waals surface area (Å²) in [4.78, 5) is 12.6. The molecule has 0 radical (unpaired) electrons. The van der Waals surface area contributed by atoms with Crippen molar-refractivity contribution in [2.75, 3.05) is 5.32 Å². The fourth-order valence-electron chi connectivity index (χ4n) is 6.00. The number of rotatable bonds is 4. The van der Waals surface area contributed by atoms with E-state index in [-0.39, 0.29) is 5.91 Å². The van der Waals surface area contributed by atoms with Crippen LogP contribution in [0, 0.1) is 23.2 Å². The third-order valence-electron chi connectivity index (χ3n) is 6.56. The summed E-state index contributed by atoms with van der Waals surface area (Å²) in [5.74, 6) is 3.51. The predicted octanol–water partition coefficient (Wildman–Crippen LogP) is 5.36. The molecule has 4 fully saturated rings. The maximum Gasteiger partial charge on any atom is 0.224 e. The van der Waals surface area contributed by atoms with Crippen LogP contribution in [0.3, 0.4) is 0 Å². The van der Waals surface area contributed by atoms with Gasteiger partial charge in [0.2, 0.25) is 5.91 Å². The molecule has 5 rings (SSSR count). The van der Waals surface area contributed by atoms with Crippen LogP contribution in [-0.4, -0.2) is 5.91 Å². The van der Waals surface area contributed by atoms with Gasteiger partial charge in [-0.1, -0.05) is 26.0 Å². The lowest BCUT2D eigenvalue weighted by Crippen LogP contribution is -2.47. The SMILES string of the molecule is CC(C)c1ccc(NC(=O)CC23CC4CC(CC(C4)C2)C3)cc1. The molecular formula is C21H29NO. The third-order valence-corrected chi connectivity index (χ3v) is 6.56. The van der Waals surface area contributed by atoms with E-state index >= 15 is 0 Å². The van der Waals surface area contributed by atoms with Crippen molar-refractivity contribution < 1.29 is 4.79 Å². The summed E-state index contributed by atoms with van der Waals surface area (Å²) in [6, 6.07) is 8.36. The lowest BCUT2D eigenvalue weighted by atomic mass is 9.49. The number of hydrogen-bond donors (Lipinski definition) is 1. The topological polar surface area (TPSA) is 29.1 Å². The summed E-state index contributed by atoms with van der Waals surface area (Å²) in [6.45, 7) is 4.39. The summed E-state index contributed by atoms with van der Waals surface area (Å²) in [5, 5.41) is 3.14. The van der Waals surface area contributed by atoms with Gasteiger partial charge in [0.05, 0.1) is 0 Å². The molecule has 4 aliphatic rings. The van der Waals surface area contributed by atoms with Crippen molar-refractivity contribution in [3.8, 4) is 0 Å². The molecular weight excluding hydrogens is 282 g/mol. The first-order valence-corrected chi connectivity index (χ1v) is 9.41. The van der Waals surface area contributed by atoms with Crippen LogP contribution < -0.4 is 5.32 Å². The van der Waals surface area contributed by atoms with E-state index in [0.29, 0.717) is 11.3 Å². The average molecular weight is 311 g/mol. The van der Waals surface area contributed by atoms with Crippen molar-refractivity contribution in [1.29, 1.82) is 0 Å². The number of amides is 1. The van der Waals surface area contributed by atoms with E-state index in [4.69, 9.17) is 0 Å². The van der Waals surface area contributed by atoms with Gasteiger partial charge in [-0.25, -0.2) is 0 Å². The average Bonchev–Trinajstić information content (AvgIpc) is 2.45. The van der Waals surface area contributed by atoms with Gasteiger partial charge < -0.3 is 5.32 Å². The molecule has 1 aromatic carbocycles. The summed E-state index contributed by atoms with van der Waals surface area (Å²) in [7, 11) is 0. The zero-order chi connectivity index (χ0) is 16.0. The molecule has 2 nitrogen and oxygen atoms in total. The Morgan fingerprint density at radius 2 is 1.57 bits per heavy atom. The van der Waals surface area contributed by atoms with Crippen LogP contribution in [0.2, 0.25) is 0 Å². The largest absolute Gasteiger partial charge is 0.326 e. The first kappa shape index (κ1) is 15.2. The molecule has 4 saturated carbocycles. The van der Waals surface area contributed by atoms with Crippen molar-refractivity contribution in [3.63, 3.8) is 0 Å². The highest BCUT2D eigenvalue weighted by Crippen LogP contribution is 2.61. The minimum absolute atomic E-state index is 0.226. The van der Waals surface area contributed by atoms with Crippen molar-refractivity contribution in [2.45, 2.75) is 64.7 Å². The molecule has 4 aliphatic carbocycles. The molecule has 1 aromatic rings. The maximum atomic E-state index is 12.6. The lowest BCUT2D eigenvalue weighted by Gasteiger charge is -2.56. The van der Waals surface area contributed by atoms with Gasteiger partial charge in [-0.2, -0.15) is 0 Å². The highest BCUT2D eigenvalue weighted by Gasteiger charge is 2.51. The summed E-state index contributed by atoms with van der Waals surface area (Å²) in [6.07, 6.45) is 8.98. The molecule has 0 saturated heterocycles. The van der Waals surface area contributed by atoms with E-state index in [1.807, 2.05) is 12.1 Å². The number of nitrogens with one attached hydrogen (secondary N) is 1. The second kappa shape index (κ2) is 5.65. The van der Waals surface area contributed by atoms with Gasteiger partial charge >= 0.3 is 0 Å². The second-order valence-corrected chi connectivity index (χ2v) is 8.92. The van der Waals surface area contributed by atoms with Gasteiger partial charge in [-0.3, -0.25) is 4.79 Å². The molecule has 2 heteroatoms. The van der Waals surface area contributed by atoms with E-state index in [2.05, 4.69) is 31.3 Å². The van der Waals surface area contributed by atoms with Crippen LogP contribution in [0.4, 0.5) is 5.69 Å². The summed E-state index contributed by atoms with van der Waals surface area (Å²) >= 11 is 0. The Bertz CT molecular complexity index is 551. The van der Waals surface area contributed by atoms with Gasteiger partial charge in [0.15, 0.2) is 0 Å². The standard InChI is InChI=1S/C21H29NO/c1-14(2)18-3-5-19(6-4-18)22-20(23)13-21-10-15-7-16(11-21)9-17(8-15)12-21/h3-6,14-17H,7-13H2,1-2H3,(H,22,23). The zero-order valence-corrected chi connectivity index (χ0v) is 14.5. The van der Waals surface area contributed by atoms with Gasteiger partial charge in [-0.15, -0.1) is 0 Å². The molecule has 4 bridgehead atoms. The quantitative estimate of drug-likeness (QED) is 0.797. The predicted molar refractivity (Wildman–Crippen MR) is 94.4 cm³/mol. The number of carbonyl (C=O) groups excluding carboxylic acids is 1. The van der Waals surface area contributed by atoms with E-state index in [0.717, 1.165) is 29.9 Å². The zero-order valence-electron chi connectivity index (χ0n) is 14.5. The van der Waals surface area contributed by atoms with E-state index in [1.54, 1.807) is 0 Å². The third kappa shape index (κ3) is 3.05. The van der Waals surface area contributed by atoms with Crippen molar-refractivity contribution in [3.05, 3.63) is 29.8 Å². The first-order valence-electron chi connectivity index (χ1n) is 9.41. The molecule has 0 unspecified atom stereocenters. The van der Waals surface area contributed by atoms with E-state index in [9.17, 15) is 4.79 Å². The van der Waals surface area contributed by atoms with Crippen molar-refractivity contribution in [1.82, 2.24) is 0 Å². The van der Waals surface area contributed by atoms with Crippen molar-refractivity contribution >= 4 is 11.6 Å². The Morgan fingerprint density at radius 3 is 2.04 bits per heavy atom. The highest BCUT2D eigenvalue weighted by molar-refractivity contribution is 5.91. The molecule has 1 amide bonds. The van der Waals surface area contributed by atoms with Gasteiger partial charge in [-0.05, 0) is 85.3 Å². The minimum Gasteiger partial charge on any atom is -0.326 e. The highest BCUT2D eigenvalue weighted by atomic mass is 16.1. The van der Waals surface area contributed by atoms with Crippen LogP contribution in [0.1, 0.15) is 70.3 Å².